The van der Waals surface area contributed by atoms with Crippen LogP contribution in [0.3, 0.4) is 0 Å². The Morgan fingerprint density at radius 2 is 1.87 bits per heavy atom. The molecule has 0 bridgehead atoms. The Morgan fingerprint density at radius 1 is 1.27 bits per heavy atom. The van der Waals surface area contributed by atoms with E-state index in [-0.39, 0.29) is 5.91 Å². The summed E-state index contributed by atoms with van der Waals surface area (Å²) in [6.07, 6.45) is 7.37. The Bertz CT molecular complexity index is 249. The van der Waals surface area contributed by atoms with Gasteiger partial charge in [-0.25, -0.2) is 0 Å². The third-order valence-electron chi connectivity index (χ3n) is 3.62. The molecule has 2 aliphatic carbocycles. The van der Waals surface area contributed by atoms with Gasteiger partial charge in [0.25, 0.3) is 0 Å². The molecule has 0 aromatic carbocycles. The molecule has 4 N–H and O–H groups in total. The Labute approximate surface area is 95.3 Å². The number of primary amides is 1. The number of amides is 1. The molecule has 0 aliphatic heterocycles. The third-order valence-corrected chi connectivity index (χ3v) is 5.21. The number of carbonyl (C=O) groups excluding carboxylic acids is 1. The van der Waals surface area contributed by atoms with Crippen LogP contribution in [0.4, 0.5) is 0 Å². The van der Waals surface area contributed by atoms with E-state index in [1.54, 1.807) is 0 Å². The van der Waals surface area contributed by atoms with Crippen molar-refractivity contribution in [2.24, 2.45) is 17.4 Å². The molecule has 0 aromatic rings. The molecule has 0 radical (unpaired) electrons. The molecule has 0 heterocycles. The molecular formula is C11H20N2OS. The van der Waals surface area contributed by atoms with Crippen LogP contribution in [0, 0.1) is 5.92 Å². The first kappa shape index (κ1) is 11.3. The van der Waals surface area contributed by atoms with Gasteiger partial charge < -0.3 is 11.5 Å². The van der Waals surface area contributed by atoms with E-state index in [4.69, 9.17) is 11.5 Å². The van der Waals surface area contributed by atoms with E-state index < -0.39 is 5.54 Å². The minimum absolute atomic E-state index is 0.310. The van der Waals surface area contributed by atoms with Crippen molar-refractivity contribution >= 4 is 17.7 Å². The molecule has 2 fully saturated rings. The van der Waals surface area contributed by atoms with Gasteiger partial charge in [0, 0.05) is 11.0 Å². The van der Waals surface area contributed by atoms with Gasteiger partial charge in [-0.2, -0.15) is 11.8 Å². The highest BCUT2D eigenvalue weighted by atomic mass is 32.2. The van der Waals surface area contributed by atoms with Gasteiger partial charge in [-0.05, 0) is 31.6 Å². The molecule has 4 heteroatoms. The van der Waals surface area contributed by atoms with Crippen LogP contribution in [0.2, 0.25) is 0 Å². The molecule has 1 unspecified atom stereocenters. The van der Waals surface area contributed by atoms with E-state index in [0.29, 0.717) is 11.2 Å². The van der Waals surface area contributed by atoms with Gasteiger partial charge in [0.05, 0.1) is 0 Å². The zero-order valence-corrected chi connectivity index (χ0v) is 9.89. The molecular weight excluding hydrogens is 208 g/mol. The summed E-state index contributed by atoms with van der Waals surface area (Å²) >= 11 is 1.86. The minimum atomic E-state index is -0.729. The lowest BCUT2D eigenvalue weighted by atomic mass is 9.96. The topological polar surface area (TPSA) is 69.1 Å². The molecule has 1 amide bonds. The van der Waals surface area contributed by atoms with Crippen LogP contribution < -0.4 is 11.5 Å². The number of carbonyl (C=O) groups is 1. The molecule has 2 rings (SSSR count). The summed E-state index contributed by atoms with van der Waals surface area (Å²) in [6.45, 7) is 0. The average molecular weight is 228 g/mol. The van der Waals surface area contributed by atoms with Gasteiger partial charge in [0.2, 0.25) is 5.91 Å². The second-order valence-electron chi connectivity index (χ2n) is 4.90. The maximum absolute atomic E-state index is 11.4. The summed E-state index contributed by atoms with van der Waals surface area (Å²) in [5.41, 5.74) is 10.8. The summed E-state index contributed by atoms with van der Waals surface area (Å²) in [5.74, 6) is 0.761. The zero-order valence-electron chi connectivity index (χ0n) is 9.08. The fraction of sp³-hybridized carbons (Fsp3) is 0.909. The normalized spacial score (nSPS) is 26.5. The van der Waals surface area contributed by atoms with Crippen molar-refractivity contribution in [2.45, 2.75) is 49.3 Å². The largest absolute Gasteiger partial charge is 0.368 e. The number of rotatable bonds is 5. The highest BCUT2D eigenvalue weighted by molar-refractivity contribution is 8.00. The van der Waals surface area contributed by atoms with Crippen LogP contribution in [-0.2, 0) is 4.79 Å². The Morgan fingerprint density at radius 3 is 2.33 bits per heavy atom. The van der Waals surface area contributed by atoms with Gasteiger partial charge >= 0.3 is 0 Å². The molecule has 2 aliphatic rings. The highest BCUT2D eigenvalue weighted by Gasteiger charge is 2.47. The fourth-order valence-electron chi connectivity index (χ4n) is 2.30. The molecule has 0 aromatic heterocycles. The third kappa shape index (κ3) is 2.48. The maximum Gasteiger partial charge on any atom is 0.238 e. The first-order valence-corrected chi connectivity index (χ1v) is 6.88. The predicted molar refractivity (Wildman–Crippen MR) is 63.6 cm³/mol. The fourth-order valence-corrected chi connectivity index (χ4v) is 3.86. The van der Waals surface area contributed by atoms with E-state index in [1.165, 1.54) is 25.7 Å². The first-order valence-electron chi connectivity index (χ1n) is 5.83. The average Bonchev–Trinajstić information content (AvgIpc) is 2.93. The van der Waals surface area contributed by atoms with E-state index in [9.17, 15) is 4.79 Å². The van der Waals surface area contributed by atoms with Crippen LogP contribution in [0.15, 0.2) is 0 Å². The van der Waals surface area contributed by atoms with Gasteiger partial charge in [0.15, 0.2) is 0 Å². The lowest BCUT2D eigenvalue weighted by molar-refractivity contribution is -0.123. The van der Waals surface area contributed by atoms with Gasteiger partial charge in [0.1, 0.15) is 5.54 Å². The summed E-state index contributed by atoms with van der Waals surface area (Å²) in [5, 5.41) is 0.714. The summed E-state index contributed by atoms with van der Waals surface area (Å²) < 4.78 is 0. The molecule has 3 nitrogen and oxygen atoms in total. The smallest absolute Gasteiger partial charge is 0.238 e. The molecule has 0 saturated heterocycles. The van der Waals surface area contributed by atoms with E-state index in [0.717, 1.165) is 18.6 Å². The number of hydrogen-bond donors (Lipinski definition) is 2. The first-order chi connectivity index (χ1) is 7.13. The quantitative estimate of drug-likeness (QED) is 0.744. The SMILES string of the molecule is NC(=O)C(N)(CSC1CCCC1)C1CC1. The summed E-state index contributed by atoms with van der Waals surface area (Å²) in [4.78, 5) is 11.4. The number of nitrogens with two attached hydrogens (primary N) is 2. The second-order valence-corrected chi connectivity index (χ2v) is 6.19. The van der Waals surface area contributed by atoms with E-state index >= 15 is 0 Å². The van der Waals surface area contributed by atoms with Crippen molar-refractivity contribution in [3.63, 3.8) is 0 Å². The Kier molecular flexibility index (Phi) is 3.26. The molecule has 86 valence electrons. The lowest BCUT2D eigenvalue weighted by Gasteiger charge is -2.26. The van der Waals surface area contributed by atoms with Crippen molar-refractivity contribution in [3.8, 4) is 0 Å². The van der Waals surface area contributed by atoms with E-state index in [2.05, 4.69) is 0 Å². The monoisotopic (exact) mass is 228 g/mol. The standard InChI is InChI=1S/C11H20N2OS/c12-10(14)11(13,8-5-6-8)7-15-9-3-1-2-4-9/h8-9H,1-7,13H2,(H2,12,14). The molecule has 2 saturated carbocycles. The molecule has 0 spiro atoms. The van der Waals surface area contributed by atoms with Crippen LogP contribution in [-0.4, -0.2) is 22.4 Å². The van der Waals surface area contributed by atoms with Crippen molar-refractivity contribution in [2.75, 3.05) is 5.75 Å². The highest BCUT2D eigenvalue weighted by Crippen LogP contribution is 2.41. The van der Waals surface area contributed by atoms with Crippen LogP contribution in [0.25, 0.3) is 0 Å². The predicted octanol–water partition coefficient (Wildman–Crippen LogP) is 1.25. The molecule has 15 heavy (non-hydrogen) atoms. The van der Waals surface area contributed by atoms with Gasteiger partial charge in [-0.3, -0.25) is 4.79 Å². The van der Waals surface area contributed by atoms with Crippen LogP contribution in [0.5, 0.6) is 0 Å². The lowest BCUT2D eigenvalue weighted by Crippen LogP contribution is -2.56. The number of hydrogen-bond acceptors (Lipinski definition) is 3. The van der Waals surface area contributed by atoms with Crippen molar-refractivity contribution in [3.05, 3.63) is 0 Å². The minimum Gasteiger partial charge on any atom is -0.368 e. The van der Waals surface area contributed by atoms with Crippen LogP contribution >= 0.6 is 11.8 Å². The van der Waals surface area contributed by atoms with Crippen molar-refractivity contribution < 1.29 is 4.79 Å². The Balaban J connectivity index is 1.86. The van der Waals surface area contributed by atoms with Crippen LogP contribution in [0.1, 0.15) is 38.5 Å². The summed E-state index contributed by atoms with van der Waals surface area (Å²) in [7, 11) is 0. The second kappa shape index (κ2) is 4.34. The number of thioether (sulfide) groups is 1. The van der Waals surface area contributed by atoms with E-state index in [1.807, 2.05) is 11.8 Å². The Hall–Kier alpha value is -0.220. The summed E-state index contributed by atoms with van der Waals surface area (Å²) in [6, 6.07) is 0. The van der Waals surface area contributed by atoms with Gasteiger partial charge in [-0.15, -0.1) is 0 Å². The maximum atomic E-state index is 11.4. The van der Waals surface area contributed by atoms with Crippen molar-refractivity contribution in [1.29, 1.82) is 0 Å². The zero-order chi connectivity index (χ0) is 10.9. The van der Waals surface area contributed by atoms with Gasteiger partial charge in [-0.1, -0.05) is 12.8 Å². The van der Waals surface area contributed by atoms with Crippen molar-refractivity contribution in [1.82, 2.24) is 0 Å². The molecule has 1 atom stereocenters.